The topological polar surface area (TPSA) is 79.0 Å². The molecule has 0 radical (unpaired) electrons. The molecule has 1 amide bonds. The fraction of sp³-hybridized carbons (Fsp3) is 0.381. The molecule has 1 aliphatic rings. The molecule has 1 N–H and O–H groups in total. The van der Waals surface area contributed by atoms with E-state index in [2.05, 4.69) is 22.3 Å². The minimum Gasteiger partial charge on any atom is -0.379 e. The highest BCUT2D eigenvalue weighted by Gasteiger charge is 2.14. The minimum atomic E-state index is -3.38. The molecule has 1 aliphatic heterocycles. The largest absolute Gasteiger partial charge is 0.379 e. The lowest BCUT2D eigenvalue weighted by Gasteiger charge is -2.26. The molecule has 0 bridgehead atoms. The highest BCUT2D eigenvalue weighted by molar-refractivity contribution is 7.92. The molecule has 2 aromatic rings. The molecule has 2 aromatic carbocycles. The lowest BCUT2D eigenvalue weighted by atomic mass is 10.1. The Kier molecular flexibility index (Phi) is 6.89. The van der Waals surface area contributed by atoms with Crippen molar-refractivity contribution in [2.75, 3.05) is 43.9 Å². The number of sulfonamides is 1. The summed E-state index contributed by atoms with van der Waals surface area (Å²) in [7, 11) is -1.92. The highest BCUT2D eigenvalue weighted by Crippen LogP contribution is 2.17. The number of amides is 1. The molecule has 0 spiro atoms. The summed E-state index contributed by atoms with van der Waals surface area (Å²) >= 11 is 0. The van der Waals surface area contributed by atoms with Crippen LogP contribution in [0.1, 0.15) is 21.5 Å². The number of hydrogen-bond donors (Lipinski definition) is 1. The SMILES string of the molecule is CN(c1cccc(C(=O)NCc2cccc(CN3CCOCC3)c2)c1)S(C)(=O)=O. The standard InChI is InChI=1S/C21H27N3O4S/c1-23(29(2,26)27)20-8-4-7-19(14-20)21(25)22-15-17-5-3-6-18(13-17)16-24-9-11-28-12-10-24/h3-8,13-14H,9-12,15-16H2,1-2H3,(H,22,25). The van der Waals surface area contributed by atoms with Crippen LogP contribution in [-0.4, -0.2) is 58.8 Å². The van der Waals surface area contributed by atoms with Gasteiger partial charge in [-0.25, -0.2) is 8.42 Å². The number of hydrogen-bond acceptors (Lipinski definition) is 5. The highest BCUT2D eigenvalue weighted by atomic mass is 32.2. The van der Waals surface area contributed by atoms with Crippen LogP contribution in [0.5, 0.6) is 0 Å². The molecule has 0 aromatic heterocycles. The first-order valence-electron chi connectivity index (χ1n) is 9.53. The summed E-state index contributed by atoms with van der Waals surface area (Å²) in [6, 6.07) is 14.8. The number of ether oxygens (including phenoxy) is 1. The molecule has 0 atom stereocenters. The molecule has 1 saturated heterocycles. The predicted molar refractivity (Wildman–Crippen MR) is 113 cm³/mol. The van der Waals surface area contributed by atoms with E-state index in [1.54, 1.807) is 24.3 Å². The minimum absolute atomic E-state index is 0.243. The first kappa shape index (κ1) is 21.3. The third kappa shape index (κ3) is 6.03. The van der Waals surface area contributed by atoms with Crippen LogP contribution in [0.25, 0.3) is 0 Å². The average Bonchev–Trinajstić information content (AvgIpc) is 2.72. The van der Waals surface area contributed by atoms with Crippen LogP contribution in [-0.2, 0) is 27.8 Å². The average molecular weight is 418 g/mol. The number of nitrogens with zero attached hydrogens (tertiary/aromatic N) is 2. The van der Waals surface area contributed by atoms with Crippen LogP contribution in [0.15, 0.2) is 48.5 Å². The Bertz CT molecular complexity index is 956. The number of morpholine rings is 1. The Morgan fingerprint density at radius 3 is 2.52 bits per heavy atom. The maximum atomic E-state index is 12.5. The third-order valence-electron chi connectivity index (χ3n) is 4.92. The van der Waals surface area contributed by atoms with E-state index in [1.165, 1.54) is 12.6 Å². The van der Waals surface area contributed by atoms with Crippen molar-refractivity contribution in [3.8, 4) is 0 Å². The van der Waals surface area contributed by atoms with Gasteiger partial charge in [-0.05, 0) is 29.3 Å². The summed E-state index contributed by atoms with van der Waals surface area (Å²) < 4.78 is 30.0. The van der Waals surface area contributed by atoms with Gasteiger partial charge in [-0.2, -0.15) is 0 Å². The van der Waals surface area contributed by atoms with E-state index in [0.717, 1.165) is 49.0 Å². The van der Waals surface area contributed by atoms with Gasteiger partial charge in [-0.1, -0.05) is 30.3 Å². The molecule has 1 heterocycles. The lowest BCUT2D eigenvalue weighted by Crippen LogP contribution is -2.35. The molecule has 0 unspecified atom stereocenters. The predicted octanol–water partition coefficient (Wildman–Crippen LogP) is 1.84. The molecule has 7 nitrogen and oxygen atoms in total. The van der Waals surface area contributed by atoms with Crippen LogP contribution in [0.3, 0.4) is 0 Å². The molecule has 156 valence electrons. The second-order valence-corrected chi connectivity index (χ2v) is 9.19. The fourth-order valence-electron chi connectivity index (χ4n) is 3.17. The molecule has 3 rings (SSSR count). The summed E-state index contributed by atoms with van der Waals surface area (Å²) in [4.78, 5) is 14.9. The summed E-state index contributed by atoms with van der Waals surface area (Å²) in [5.41, 5.74) is 3.10. The first-order chi connectivity index (χ1) is 13.8. The fourth-order valence-corrected chi connectivity index (χ4v) is 3.67. The summed E-state index contributed by atoms with van der Waals surface area (Å²) in [6.07, 6.45) is 1.13. The molecule has 0 aliphatic carbocycles. The van der Waals surface area contributed by atoms with E-state index < -0.39 is 10.0 Å². The Balaban J connectivity index is 1.61. The van der Waals surface area contributed by atoms with Gasteiger partial charge in [-0.3, -0.25) is 14.0 Å². The molecular formula is C21H27N3O4S. The van der Waals surface area contributed by atoms with Crippen LogP contribution in [0.2, 0.25) is 0 Å². The van der Waals surface area contributed by atoms with Crippen LogP contribution >= 0.6 is 0 Å². The van der Waals surface area contributed by atoms with Gasteiger partial charge in [0.2, 0.25) is 10.0 Å². The number of carbonyl (C=O) groups is 1. The van der Waals surface area contributed by atoms with Gasteiger partial charge >= 0.3 is 0 Å². The van der Waals surface area contributed by atoms with E-state index in [9.17, 15) is 13.2 Å². The summed E-state index contributed by atoms with van der Waals surface area (Å²) in [5.74, 6) is -0.243. The Morgan fingerprint density at radius 1 is 1.10 bits per heavy atom. The number of benzene rings is 2. The van der Waals surface area contributed by atoms with Crippen molar-refractivity contribution in [3.63, 3.8) is 0 Å². The van der Waals surface area contributed by atoms with E-state index in [4.69, 9.17) is 4.74 Å². The van der Waals surface area contributed by atoms with Crippen LogP contribution in [0.4, 0.5) is 5.69 Å². The zero-order valence-electron chi connectivity index (χ0n) is 16.8. The van der Waals surface area contributed by atoms with Gasteiger partial charge in [0.05, 0.1) is 25.2 Å². The van der Waals surface area contributed by atoms with E-state index >= 15 is 0 Å². The molecule has 0 saturated carbocycles. The number of rotatable bonds is 7. The lowest BCUT2D eigenvalue weighted by molar-refractivity contribution is 0.0342. The quantitative estimate of drug-likeness (QED) is 0.744. The van der Waals surface area contributed by atoms with E-state index in [0.29, 0.717) is 17.8 Å². The Labute approximate surface area is 172 Å². The maximum absolute atomic E-state index is 12.5. The summed E-state index contributed by atoms with van der Waals surface area (Å²) in [6.45, 7) is 4.66. The summed E-state index contributed by atoms with van der Waals surface area (Å²) in [5, 5.41) is 2.91. The van der Waals surface area contributed by atoms with Crippen LogP contribution in [0, 0.1) is 0 Å². The number of carbonyl (C=O) groups excluding carboxylic acids is 1. The van der Waals surface area contributed by atoms with Crippen molar-refractivity contribution in [2.24, 2.45) is 0 Å². The first-order valence-corrected chi connectivity index (χ1v) is 11.4. The van der Waals surface area contributed by atoms with Gasteiger partial charge in [0.15, 0.2) is 0 Å². The van der Waals surface area contributed by atoms with Crippen molar-refractivity contribution < 1.29 is 17.9 Å². The number of anilines is 1. The maximum Gasteiger partial charge on any atom is 0.251 e. The van der Waals surface area contributed by atoms with Gasteiger partial charge < -0.3 is 10.1 Å². The van der Waals surface area contributed by atoms with Crippen LogP contribution < -0.4 is 9.62 Å². The van der Waals surface area contributed by atoms with Crippen molar-refractivity contribution in [1.82, 2.24) is 10.2 Å². The third-order valence-corrected chi connectivity index (χ3v) is 6.13. The monoisotopic (exact) mass is 417 g/mol. The van der Waals surface area contributed by atoms with E-state index in [1.807, 2.05) is 12.1 Å². The molecular weight excluding hydrogens is 390 g/mol. The van der Waals surface area contributed by atoms with Crippen molar-refractivity contribution in [3.05, 3.63) is 65.2 Å². The normalized spacial score (nSPS) is 15.1. The zero-order valence-corrected chi connectivity index (χ0v) is 17.6. The Morgan fingerprint density at radius 2 is 1.79 bits per heavy atom. The van der Waals surface area contributed by atoms with Crippen molar-refractivity contribution >= 4 is 21.6 Å². The molecule has 29 heavy (non-hydrogen) atoms. The second kappa shape index (κ2) is 9.39. The second-order valence-electron chi connectivity index (χ2n) is 7.17. The van der Waals surface area contributed by atoms with Gasteiger partial charge in [0, 0.05) is 38.8 Å². The zero-order chi connectivity index (χ0) is 20.9. The van der Waals surface area contributed by atoms with Crippen molar-refractivity contribution in [2.45, 2.75) is 13.1 Å². The van der Waals surface area contributed by atoms with Crippen molar-refractivity contribution in [1.29, 1.82) is 0 Å². The number of nitrogens with one attached hydrogen (secondary N) is 1. The molecule has 8 heteroatoms. The van der Waals surface area contributed by atoms with E-state index in [-0.39, 0.29) is 5.91 Å². The van der Waals surface area contributed by atoms with Gasteiger partial charge in [-0.15, -0.1) is 0 Å². The molecule has 1 fully saturated rings. The van der Waals surface area contributed by atoms with Gasteiger partial charge in [0.25, 0.3) is 5.91 Å². The Hall–Kier alpha value is -2.42. The van der Waals surface area contributed by atoms with Gasteiger partial charge in [0.1, 0.15) is 0 Å². The smallest absolute Gasteiger partial charge is 0.251 e.